The molecule has 1 aliphatic carbocycles. The number of fused-ring (bicyclic) bond motifs is 12. The van der Waals surface area contributed by atoms with Crippen molar-refractivity contribution in [3.8, 4) is 16.9 Å². The van der Waals surface area contributed by atoms with E-state index in [1.165, 1.54) is 77.7 Å². The third-order valence-corrected chi connectivity index (χ3v) is 16.0. The topological polar surface area (TPSA) is 24.6 Å². The molecule has 344 valence electrons. The van der Waals surface area contributed by atoms with E-state index in [1.807, 2.05) is 0 Å². The van der Waals surface area contributed by atoms with Gasteiger partial charge in [-0.25, -0.2) is 0 Å². The number of nitrogens with zero attached hydrogens (tertiary/aromatic N) is 3. The molecule has 4 heterocycles. The molecule has 0 saturated heterocycles. The van der Waals surface area contributed by atoms with Gasteiger partial charge in [0.1, 0.15) is 5.58 Å². The van der Waals surface area contributed by atoms with Gasteiger partial charge in [0.15, 0.2) is 5.58 Å². The second-order valence-corrected chi connectivity index (χ2v) is 23.8. The molecule has 0 unspecified atom stereocenters. The average Bonchev–Trinajstić information content (AvgIpc) is 3.97. The molecule has 0 radical (unpaired) electrons. The van der Waals surface area contributed by atoms with Gasteiger partial charge in [-0.1, -0.05) is 179 Å². The normalized spacial score (nSPS) is 14.6. The maximum atomic E-state index is 7.01. The van der Waals surface area contributed by atoms with Crippen LogP contribution < -0.4 is 26.2 Å². The Morgan fingerprint density at radius 2 is 1.07 bits per heavy atom. The first-order valence-corrected chi connectivity index (χ1v) is 25.2. The van der Waals surface area contributed by atoms with Crippen LogP contribution >= 0.6 is 0 Å². The summed E-state index contributed by atoms with van der Waals surface area (Å²) >= 11 is 0. The minimum atomic E-state index is -0.173. The first-order valence-electron chi connectivity index (χ1n) is 25.2. The van der Waals surface area contributed by atoms with Gasteiger partial charge < -0.3 is 18.8 Å². The molecule has 3 aliphatic rings. The molecular weight excluding hydrogens is 850 g/mol. The Labute approximate surface area is 413 Å². The molecule has 0 fully saturated rings. The van der Waals surface area contributed by atoms with Gasteiger partial charge >= 0.3 is 0 Å². The number of furan rings is 1. The van der Waals surface area contributed by atoms with Crippen LogP contribution in [0.5, 0.6) is 0 Å². The van der Waals surface area contributed by atoms with E-state index >= 15 is 0 Å². The maximum absolute atomic E-state index is 7.01. The second kappa shape index (κ2) is 14.4. The van der Waals surface area contributed by atoms with Gasteiger partial charge in [0.05, 0.1) is 11.4 Å². The Balaban J connectivity index is 1.14. The summed E-state index contributed by atoms with van der Waals surface area (Å²) in [5, 5.41) is 3.58. The van der Waals surface area contributed by atoms with Crippen LogP contribution in [0.4, 0.5) is 34.1 Å². The molecular formula is C65H60BN3O. The number of anilines is 6. The lowest BCUT2D eigenvalue weighted by molar-refractivity contribution is 0.590. The van der Waals surface area contributed by atoms with Gasteiger partial charge in [0, 0.05) is 66.8 Å². The van der Waals surface area contributed by atoms with Crippen molar-refractivity contribution in [2.24, 2.45) is 0 Å². The SMILES string of the molecule is CC(C)(C)c1ccc(N(c2ccc(C(C)(C)C)cc2)c2ccc3c(c2)N(c2cccc4c2oc2ccccc24)c2cc(C(C)(C)C)cc4c2B3c2cccc3c5c(n-4c23)-c2ccccc2C5(C)C)cc1. The molecule has 10 aromatic rings. The fourth-order valence-corrected chi connectivity index (χ4v) is 12.4. The number of aromatic nitrogens is 1. The van der Waals surface area contributed by atoms with Crippen molar-refractivity contribution in [1.82, 2.24) is 4.57 Å². The summed E-state index contributed by atoms with van der Waals surface area (Å²) in [4.78, 5) is 5.01. The van der Waals surface area contributed by atoms with E-state index in [0.717, 1.165) is 50.4 Å². The summed E-state index contributed by atoms with van der Waals surface area (Å²) in [6.45, 7) is 25.6. The third-order valence-electron chi connectivity index (χ3n) is 16.0. The third kappa shape index (κ3) is 6.03. The largest absolute Gasteiger partial charge is 0.454 e. The number of hydrogen-bond acceptors (Lipinski definition) is 3. The molecule has 4 nitrogen and oxygen atoms in total. The molecule has 0 atom stereocenters. The summed E-state index contributed by atoms with van der Waals surface area (Å²) in [6.07, 6.45) is 0. The first kappa shape index (κ1) is 42.8. The highest BCUT2D eigenvalue weighted by molar-refractivity contribution is 7.00. The monoisotopic (exact) mass is 909 g/mol. The zero-order chi connectivity index (χ0) is 48.4. The number of benzene rings is 8. The van der Waals surface area contributed by atoms with Crippen LogP contribution in [0.2, 0.25) is 0 Å². The Hall–Kier alpha value is -7.24. The Bertz CT molecular complexity index is 3750. The standard InChI is InChI=1S/C65H60BN3O/c1-62(2,3)39-26-30-42(31-27-39)67(43-32-28-40(29-33-43)63(4,5)6)44-34-35-50-53(38-44)68(52-24-17-20-46-45-18-13-15-25-56(45)70-61(46)52)54-36-41(64(7,8)9)37-55-58(54)66(50)51-23-16-21-48-57-60(69(55)59(48)51)47-19-12-14-22-49(47)65(57,10)11/h12-38H,1-11H3. The van der Waals surface area contributed by atoms with Gasteiger partial charge in [-0.05, 0) is 121 Å². The summed E-state index contributed by atoms with van der Waals surface area (Å²) in [5.74, 6) is 0. The zero-order valence-electron chi connectivity index (χ0n) is 42.4. The van der Waals surface area contributed by atoms with Crippen LogP contribution in [0, 0.1) is 0 Å². The van der Waals surface area contributed by atoms with Gasteiger partial charge in [0.25, 0.3) is 6.71 Å². The summed E-state index contributed by atoms with van der Waals surface area (Å²) < 4.78 is 9.68. The average molecular weight is 910 g/mol. The highest BCUT2D eigenvalue weighted by Gasteiger charge is 2.48. The van der Waals surface area contributed by atoms with E-state index in [-0.39, 0.29) is 28.4 Å². The molecule has 0 spiro atoms. The Kier molecular flexibility index (Phi) is 8.82. The van der Waals surface area contributed by atoms with Gasteiger partial charge in [-0.2, -0.15) is 0 Å². The molecule has 0 amide bonds. The lowest BCUT2D eigenvalue weighted by atomic mass is 9.33. The minimum Gasteiger partial charge on any atom is -0.454 e. The Morgan fingerprint density at radius 1 is 0.486 bits per heavy atom. The fourth-order valence-electron chi connectivity index (χ4n) is 12.4. The summed E-state index contributed by atoms with van der Waals surface area (Å²) in [6, 6.07) is 62.1. The zero-order valence-corrected chi connectivity index (χ0v) is 42.4. The predicted octanol–water partition coefficient (Wildman–Crippen LogP) is 15.8. The van der Waals surface area contributed by atoms with Crippen molar-refractivity contribution in [2.75, 3.05) is 9.80 Å². The van der Waals surface area contributed by atoms with Crippen LogP contribution in [-0.2, 0) is 21.7 Å². The van der Waals surface area contributed by atoms with Crippen molar-refractivity contribution in [1.29, 1.82) is 0 Å². The smallest absolute Gasteiger partial charge is 0.252 e. The van der Waals surface area contributed by atoms with E-state index in [9.17, 15) is 0 Å². The lowest BCUT2D eigenvalue weighted by Gasteiger charge is -2.42. The molecule has 0 N–H and O–H groups in total. The quantitative estimate of drug-likeness (QED) is 0.165. The van der Waals surface area contributed by atoms with Crippen molar-refractivity contribution in [3.63, 3.8) is 0 Å². The highest BCUT2D eigenvalue weighted by atomic mass is 16.3. The van der Waals surface area contributed by atoms with Crippen LogP contribution in [-0.4, -0.2) is 11.3 Å². The van der Waals surface area contributed by atoms with Crippen molar-refractivity contribution >= 4 is 90.1 Å². The van der Waals surface area contributed by atoms with Crippen LogP contribution in [0.15, 0.2) is 168 Å². The van der Waals surface area contributed by atoms with Crippen molar-refractivity contribution < 1.29 is 4.42 Å². The maximum Gasteiger partial charge on any atom is 0.252 e. The molecule has 2 aromatic heterocycles. The molecule has 5 heteroatoms. The van der Waals surface area contributed by atoms with Crippen molar-refractivity contribution in [2.45, 2.75) is 97.8 Å². The highest BCUT2D eigenvalue weighted by Crippen LogP contribution is 2.55. The molecule has 0 saturated carbocycles. The lowest BCUT2D eigenvalue weighted by Crippen LogP contribution is -2.60. The van der Waals surface area contributed by atoms with Crippen LogP contribution in [0.1, 0.15) is 104 Å². The number of hydrogen-bond donors (Lipinski definition) is 0. The van der Waals surface area contributed by atoms with E-state index in [4.69, 9.17) is 4.42 Å². The molecule has 70 heavy (non-hydrogen) atoms. The molecule has 2 aliphatic heterocycles. The van der Waals surface area contributed by atoms with Crippen molar-refractivity contribution in [3.05, 3.63) is 192 Å². The van der Waals surface area contributed by atoms with Gasteiger partial charge in [-0.3, -0.25) is 0 Å². The second-order valence-electron chi connectivity index (χ2n) is 23.8. The van der Waals surface area contributed by atoms with E-state index in [0.29, 0.717) is 0 Å². The van der Waals surface area contributed by atoms with E-state index < -0.39 is 0 Å². The molecule has 0 bridgehead atoms. The predicted molar refractivity (Wildman–Crippen MR) is 298 cm³/mol. The fraction of sp³-hybridized carbons (Fsp3) is 0.231. The van der Waals surface area contributed by atoms with E-state index in [2.05, 4.69) is 254 Å². The first-order chi connectivity index (χ1) is 33.4. The number of para-hydroxylation sites is 3. The number of rotatable bonds is 4. The Morgan fingerprint density at radius 3 is 1.76 bits per heavy atom. The van der Waals surface area contributed by atoms with Gasteiger partial charge in [-0.15, -0.1) is 0 Å². The molecule has 8 aromatic carbocycles. The summed E-state index contributed by atoms with van der Waals surface area (Å²) in [7, 11) is 0. The van der Waals surface area contributed by atoms with E-state index in [1.54, 1.807) is 0 Å². The summed E-state index contributed by atoms with van der Waals surface area (Å²) in [5.41, 5.74) is 24.1. The molecule has 13 rings (SSSR count). The van der Waals surface area contributed by atoms with Crippen LogP contribution in [0.3, 0.4) is 0 Å². The minimum absolute atomic E-state index is 0.0237. The van der Waals surface area contributed by atoms with Crippen LogP contribution in [0.25, 0.3) is 49.8 Å². The van der Waals surface area contributed by atoms with Gasteiger partial charge in [0.2, 0.25) is 0 Å².